The van der Waals surface area contributed by atoms with E-state index in [1.54, 1.807) is 75.3 Å². The molecule has 4 fully saturated rings. The number of fused-ring (bicyclic) bond motifs is 4. The summed E-state index contributed by atoms with van der Waals surface area (Å²) in [5.74, 6) is -15.9. The van der Waals surface area contributed by atoms with E-state index >= 15 is 28.8 Å². The summed E-state index contributed by atoms with van der Waals surface area (Å²) in [4.78, 5) is 266. The van der Waals surface area contributed by atoms with Crippen LogP contribution in [0.5, 0.6) is 5.75 Å². The van der Waals surface area contributed by atoms with Gasteiger partial charge in [0, 0.05) is 133 Å². The van der Waals surface area contributed by atoms with Crippen LogP contribution in [0.25, 0.3) is 21.8 Å². The van der Waals surface area contributed by atoms with Gasteiger partial charge in [-0.05, 0) is 105 Å². The number of benzene rings is 3. The van der Waals surface area contributed by atoms with Crippen molar-refractivity contribution in [2.75, 3.05) is 98.6 Å². The number of primary amides is 1. The van der Waals surface area contributed by atoms with Crippen LogP contribution in [0.15, 0.2) is 85.2 Å². The molecule has 2 aromatic heterocycles. The number of carbonyl (C=O) groups is 17. The lowest BCUT2D eigenvalue weighted by molar-refractivity contribution is -0.149. The summed E-state index contributed by atoms with van der Waals surface area (Å²) in [5.41, 5.74) is 14.9. The van der Waals surface area contributed by atoms with E-state index in [1.165, 1.54) is 62.1 Å². The summed E-state index contributed by atoms with van der Waals surface area (Å²) in [6, 6.07) is 1.07. The Balaban J connectivity index is 1.07. The Morgan fingerprint density at radius 1 is 0.534 bits per heavy atom. The number of hydrogen-bond acceptors (Lipinski definition) is 22. The fraction of sp³-hybridized carbons (Fsp3) is 0.576. The number of hydrogen-bond donors (Lipinski definition) is 16. The number of unbranched alkanes of at least 4 members (excludes halogenated alkanes) is 2. The monoisotopic (exact) mass is 1870 g/mol. The molecule has 4 saturated heterocycles. The predicted octanol–water partition coefficient (Wildman–Crippen LogP) is -1.23. The van der Waals surface area contributed by atoms with Crippen LogP contribution in [-0.4, -0.2) is 338 Å². The molecule has 9 rings (SSSR count). The Bertz CT molecular complexity index is 4960. The van der Waals surface area contributed by atoms with E-state index in [9.17, 15) is 63.0 Å². The molecule has 5 aromatic rings. The van der Waals surface area contributed by atoms with Crippen molar-refractivity contribution < 1.29 is 91.7 Å². The molecule has 1 unspecified atom stereocenters. The summed E-state index contributed by atoms with van der Waals surface area (Å²) < 4.78 is 0. The van der Waals surface area contributed by atoms with Crippen LogP contribution in [0.3, 0.4) is 0 Å². The summed E-state index contributed by atoms with van der Waals surface area (Å²) in [6.07, 6.45) is 2.42. The van der Waals surface area contributed by atoms with E-state index in [4.69, 9.17) is 11.5 Å². The number of carbonyl (C=O) groups excluding carboxylic acids is 17. The van der Waals surface area contributed by atoms with E-state index in [0.29, 0.717) is 90.4 Å². The summed E-state index contributed by atoms with van der Waals surface area (Å²) in [6.45, 7) is 11.7. The van der Waals surface area contributed by atoms with Crippen LogP contribution in [0.4, 0.5) is 0 Å². The molecule has 41 heteroatoms. The molecular weight excluding hydrogens is 1740 g/mol. The van der Waals surface area contributed by atoms with E-state index in [1.807, 2.05) is 44.0 Å². The fourth-order valence-electron chi connectivity index (χ4n) is 17.1. The molecule has 40 nitrogen and oxygen atoms in total. The number of amides is 17. The number of aliphatic hydroxyl groups excluding tert-OH is 1. The zero-order valence-electron chi connectivity index (χ0n) is 77.7. The highest BCUT2D eigenvalue weighted by Gasteiger charge is 2.46. The number of aromatic amines is 2. The van der Waals surface area contributed by atoms with Crippen LogP contribution in [-0.2, 0) is 101 Å². The molecule has 0 aliphatic carbocycles. The predicted molar refractivity (Wildman–Crippen MR) is 496 cm³/mol. The number of para-hydroxylation sites is 2. The maximum absolute atomic E-state index is 15.6. The number of thioether (sulfide) groups is 1. The number of nitrogens with one attached hydrogen (secondary N) is 12. The molecule has 0 spiro atoms. The summed E-state index contributed by atoms with van der Waals surface area (Å²) in [7, 11) is 5.98. The maximum Gasteiger partial charge on any atom is 0.246 e. The number of phenolic OH excluding ortho intramolecular Hbond substituents is 1. The molecule has 6 heterocycles. The van der Waals surface area contributed by atoms with Gasteiger partial charge in [0.15, 0.2) is 0 Å². The summed E-state index contributed by atoms with van der Waals surface area (Å²) >= 11 is 0.848. The lowest BCUT2D eigenvalue weighted by Crippen LogP contribution is -2.61. The zero-order chi connectivity index (χ0) is 97.2. The van der Waals surface area contributed by atoms with Crippen molar-refractivity contribution in [3.05, 3.63) is 102 Å². The number of aromatic hydroxyl groups is 1. The second-order valence-corrected chi connectivity index (χ2v) is 36.9. The first-order valence-electron chi connectivity index (χ1n) is 45.8. The lowest BCUT2D eigenvalue weighted by Gasteiger charge is -2.36. The molecule has 4 aliphatic rings. The molecule has 0 bridgehead atoms. The van der Waals surface area contributed by atoms with E-state index in [2.05, 4.69) is 63.1 Å². The number of phenols is 1. The number of aromatic nitrogens is 2. The van der Waals surface area contributed by atoms with Crippen LogP contribution < -0.4 is 64.6 Å². The maximum atomic E-state index is 15.6. The highest BCUT2D eigenvalue weighted by molar-refractivity contribution is 8.00. The minimum atomic E-state index is -1.75. The standard InChI is InChI=1S/C92H133N21O19S/c1-12-14-25-72-85(125)101-64(37-52(3)4)83(123)106-71(82(122)98-48-79(119)111-35-33-107(8)34-36-111)50-133-51-78(118)100-67(39-55-28-30-58(114)31-29-55)88(128)108(9)54(7)80(120)103-69(43-76(94)116)90(130)112-32-20-27-73(112)86(126)105-70(44-93)84(124)104-66(38-53(5)6)91(131)113-49-59(115)42-75(113)87(127)102-65(40-56-45-95-62-23-18-16-21-60(56)62)81(121)97-47-77(117)99-68(41-57-46-96-63-24-19-17-22-61(57)63)89(129)110(11)74(26-15-13-2)92(132)109(72)10/h16-19,21-24,28-31,45-46,52-54,59,64-75,95-96,114-115H,12-15,20,25-27,32-44,47-51,93H2,1-11H3,(H2,94,116)(H,97,121)(H,98,122)(H,99,117)(H,100,118)(H,101,125)(H,102,127)(H,103,120)(H,104,124)(H,105,126)(H,106,123)/t54-,59+,64-,65-,66-,67-,68?,69-,70-,71-,72-,73-,74-,75-/m0/s1. The van der Waals surface area contributed by atoms with Gasteiger partial charge in [-0.2, -0.15) is 0 Å². The minimum absolute atomic E-state index is 0.00471. The first-order chi connectivity index (χ1) is 63.3. The SMILES string of the molecule is CCCC[C@H]1C(=O)N(C)[C@@H](CCCC)C(=O)N[C@@H](CC(C)C)C(=O)N[C@H](C(=O)NCC(=O)N2CCN(C)CC2)CSCC(=O)N[C@@H](Cc2ccc(O)cc2)C(=O)N(C)[C@@H](C)C(=O)N[C@@H](CC(N)=O)C(=O)N2CCC[C@H]2C(=O)N[C@@H](CN)C(=O)N[C@@H](CC(C)C)C(=O)N2C[C@H](O)C[C@H]2C(=O)N[C@@H](Cc2c[nH]c3ccccc23)C(=O)NCC(=O)NC(Cc2c[nH]c3ccccc23)C(=O)N1C. The van der Waals surface area contributed by atoms with Gasteiger partial charge < -0.3 is 119 Å². The van der Waals surface area contributed by atoms with E-state index in [0.717, 1.165) is 26.5 Å². The Kier molecular flexibility index (Phi) is 38.9. The second kappa shape index (κ2) is 49.5. The van der Waals surface area contributed by atoms with Crippen molar-refractivity contribution in [2.45, 2.75) is 229 Å². The molecule has 133 heavy (non-hydrogen) atoms. The average molecular weight is 1870 g/mol. The second-order valence-electron chi connectivity index (χ2n) is 35.8. The third-order valence-electron chi connectivity index (χ3n) is 24.8. The zero-order valence-corrected chi connectivity index (χ0v) is 78.5. The third kappa shape index (κ3) is 28.9. The van der Waals surface area contributed by atoms with Gasteiger partial charge in [-0.15, -0.1) is 11.8 Å². The first kappa shape index (κ1) is 104. The topological polar surface area (TPSA) is 557 Å². The Labute approximate surface area is 778 Å². The van der Waals surface area contributed by atoms with Crippen LogP contribution in [0.1, 0.15) is 142 Å². The highest BCUT2D eigenvalue weighted by atomic mass is 32.2. The highest BCUT2D eigenvalue weighted by Crippen LogP contribution is 2.28. The average Bonchev–Trinajstić information content (AvgIpc) is 1.72. The molecule has 3 aromatic carbocycles. The molecule has 17 amide bonds. The van der Waals surface area contributed by atoms with Gasteiger partial charge >= 0.3 is 0 Å². The van der Waals surface area contributed by atoms with Gasteiger partial charge in [0.25, 0.3) is 0 Å². The largest absolute Gasteiger partial charge is 0.508 e. The van der Waals surface area contributed by atoms with Gasteiger partial charge in [-0.3, -0.25) is 81.5 Å². The minimum Gasteiger partial charge on any atom is -0.508 e. The number of aliphatic hydroxyl groups is 1. The van der Waals surface area contributed by atoms with Crippen molar-refractivity contribution in [1.82, 2.24) is 97.4 Å². The molecule has 0 saturated carbocycles. The molecular formula is C92H133N21O19S. The van der Waals surface area contributed by atoms with Crippen molar-refractivity contribution in [2.24, 2.45) is 23.3 Å². The third-order valence-corrected chi connectivity index (χ3v) is 25.8. The van der Waals surface area contributed by atoms with Crippen molar-refractivity contribution >= 4 is 134 Å². The number of rotatable bonds is 22. The number of nitrogens with two attached hydrogens (primary N) is 2. The van der Waals surface area contributed by atoms with Crippen molar-refractivity contribution in [1.29, 1.82) is 0 Å². The Morgan fingerprint density at radius 3 is 1.67 bits per heavy atom. The van der Waals surface area contributed by atoms with E-state index < -0.39 is 223 Å². The van der Waals surface area contributed by atoms with E-state index in [-0.39, 0.29) is 94.1 Å². The number of nitrogens with zero attached hydrogens (tertiary/aromatic N) is 7. The molecule has 0 radical (unpaired) electrons. The quantitative estimate of drug-likeness (QED) is 0.0386. The first-order valence-corrected chi connectivity index (χ1v) is 46.9. The van der Waals surface area contributed by atoms with Crippen LogP contribution in [0.2, 0.25) is 0 Å². The lowest BCUT2D eigenvalue weighted by atomic mass is 9.99. The fourth-order valence-corrected chi connectivity index (χ4v) is 17.9. The van der Waals surface area contributed by atoms with Gasteiger partial charge in [-0.25, -0.2) is 0 Å². The van der Waals surface area contributed by atoms with Crippen LogP contribution >= 0.6 is 11.8 Å². The summed E-state index contributed by atoms with van der Waals surface area (Å²) in [5, 5.41) is 50.0. The molecule has 14 atom stereocenters. The number of likely N-dealkylation sites (N-methyl/N-ethyl adjacent to an activating group) is 4. The van der Waals surface area contributed by atoms with Gasteiger partial charge in [-0.1, -0.05) is 116 Å². The van der Waals surface area contributed by atoms with Gasteiger partial charge in [0.1, 0.15) is 84.3 Å². The van der Waals surface area contributed by atoms with Crippen molar-refractivity contribution in [3.8, 4) is 5.75 Å². The van der Waals surface area contributed by atoms with Gasteiger partial charge in [0.2, 0.25) is 100 Å². The van der Waals surface area contributed by atoms with Crippen molar-refractivity contribution in [3.63, 3.8) is 0 Å². The number of H-pyrrole nitrogens is 2. The number of piperazine rings is 1. The van der Waals surface area contributed by atoms with Gasteiger partial charge in [0.05, 0.1) is 31.4 Å². The Morgan fingerprint density at radius 2 is 1.06 bits per heavy atom. The molecule has 4 aliphatic heterocycles. The molecule has 18 N–H and O–H groups in total. The molecule has 726 valence electrons. The smallest absolute Gasteiger partial charge is 0.246 e. The Hall–Kier alpha value is -12.2. The van der Waals surface area contributed by atoms with Crippen LogP contribution in [0, 0.1) is 11.8 Å². The normalized spacial score (nSPS) is 25.4.